The van der Waals surface area contributed by atoms with E-state index in [4.69, 9.17) is 4.74 Å². The summed E-state index contributed by atoms with van der Waals surface area (Å²) in [5, 5.41) is 0. The maximum atomic E-state index is 11.1. The van der Waals surface area contributed by atoms with E-state index < -0.39 is 5.97 Å². The van der Waals surface area contributed by atoms with E-state index in [0.717, 1.165) is 0 Å². The van der Waals surface area contributed by atoms with Crippen LogP contribution in [-0.4, -0.2) is 26.5 Å². The van der Waals surface area contributed by atoms with Crippen LogP contribution in [0.25, 0.3) is 5.76 Å². The van der Waals surface area contributed by atoms with Crippen molar-refractivity contribution in [2.75, 3.05) is 14.2 Å². The van der Waals surface area contributed by atoms with Crippen LogP contribution in [0.2, 0.25) is 0 Å². The fourth-order valence-electron chi connectivity index (χ4n) is 1.24. The highest BCUT2D eigenvalue weighted by atomic mass is 16.5. The number of benzene rings is 1. The number of hydrogen-bond acceptors (Lipinski definition) is 4. The van der Waals surface area contributed by atoms with Gasteiger partial charge in [0.25, 0.3) is 0 Å². The molecule has 0 aliphatic carbocycles. The van der Waals surface area contributed by atoms with Crippen molar-refractivity contribution in [1.82, 2.24) is 0 Å². The van der Waals surface area contributed by atoms with Crippen LogP contribution in [0, 0.1) is 0 Å². The summed E-state index contributed by atoms with van der Waals surface area (Å²) in [4.78, 5) is 21.9. The SMILES string of the molecule is COC(=O)C=C(OC)c1ccccc1C=O. The van der Waals surface area contributed by atoms with Gasteiger partial charge in [0.15, 0.2) is 6.29 Å². The van der Waals surface area contributed by atoms with E-state index in [0.29, 0.717) is 23.2 Å². The Bertz CT molecular complexity index is 421. The van der Waals surface area contributed by atoms with Crippen LogP contribution in [0.5, 0.6) is 0 Å². The van der Waals surface area contributed by atoms with Crippen molar-refractivity contribution in [1.29, 1.82) is 0 Å². The van der Waals surface area contributed by atoms with Crippen molar-refractivity contribution in [2.45, 2.75) is 0 Å². The second-order valence-corrected chi connectivity index (χ2v) is 2.94. The number of carbonyl (C=O) groups excluding carboxylic acids is 2. The third-order valence-corrected chi connectivity index (χ3v) is 2.02. The number of esters is 1. The summed E-state index contributed by atoms with van der Waals surface area (Å²) in [5.41, 5.74) is 1.02. The van der Waals surface area contributed by atoms with Gasteiger partial charge in [-0.1, -0.05) is 24.3 Å². The minimum atomic E-state index is -0.530. The number of aldehydes is 1. The zero-order valence-corrected chi connectivity index (χ0v) is 9.10. The zero-order chi connectivity index (χ0) is 12.0. The van der Waals surface area contributed by atoms with Gasteiger partial charge in [-0.15, -0.1) is 0 Å². The highest BCUT2D eigenvalue weighted by Gasteiger charge is 2.09. The molecule has 84 valence electrons. The predicted molar refractivity (Wildman–Crippen MR) is 58.8 cm³/mol. The van der Waals surface area contributed by atoms with E-state index in [1.807, 2.05) is 0 Å². The van der Waals surface area contributed by atoms with E-state index >= 15 is 0 Å². The Kier molecular flexibility index (Phi) is 4.27. The molecule has 1 aromatic rings. The largest absolute Gasteiger partial charge is 0.496 e. The van der Waals surface area contributed by atoms with Gasteiger partial charge in [0.05, 0.1) is 20.3 Å². The van der Waals surface area contributed by atoms with E-state index in [2.05, 4.69) is 4.74 Å². The molecule has 0 saturated heterocycles. The fraction of sp³-hybridized carbons (Fsp3) is 0.167. The Labute approximate surface area is 93.5 Å². The molecule has 0 saturated carbocycles. The number of ether oxygens (including phenoxy) is 2. The first-order chi connectivity index (χ1) is 7.72. The van der Waals surface area contributed by atoms with E-state index in [-0.39, 0.29) is 0 Å². The Morgan fingerprint density at radius 3 is 2.44 bits per heavy atom. The van der Waals surface area contributed by atoms with Crippen molar-refractivity contribution < 1.29 is 19.1 Å². The molecule has 0 atom stereocenters. The van der Waals surface area contributed by atoms with Crippen molar-refractivity contribution in [2.24, 2.45) is 0 Å². The van der Waals surface area contributed by atoms with Gasteiger partial charge in [0, 0.05) is 11.1 Å². The molecule has 1 aromatic carbocycles. The zero-order valence-electron chi connectivity index (χ0n) is 9.10. The lowest BCUT2D eigenvalue weighted by Crippen LogP contribution is -2.00. The molecule has 16 heavy (non-hydrogen) atoms. The number of hydrogen-bond donors (Lipinski definition) is 0. The summed E-state index contributed by atoms with van der Waals surface area (Å²) in [6.45, 7) is 0. The second kappa shape index (κ2) is 5.70. The monoisotopic (exact) mass is 220 g/mol. The van der Waals surface area contributed by atoms with Gasteiger partial charge in [-0.2, -0.15) is 0 Å². The molecule has 0 bridgehead atoms. The van der Waals surface area contributed by atoms with E-state index in [1.54, 1.807) is 24.3 Å². The minimum absolute atomic E-state index is 0.301. The van der Waals surface area contributed by atoms with Crippen LogP contribution in [0.15, 0.2) is 30.3 Å². The Balaban J connectivity index is 3.18. The van der Waals surface area contributed by atoms with Crippen LogP contribution in [0.3, 0.4) is 0 Å². The summed E-state index contributed by atoms with van der Waals surface area (Å²) >= 11 is 0. The van der Waals surface area contributed by atoms with Gasteiger partial charge in [-0.3, -0.25) is 4.79 Å². The third kappa shape index (κ3) is 2.70. The first-order valence-corrected chi connectivity index (χ1v) is 4.61. The van der Waals surface area contributed by atoms with Crippen LogP contribution in [0.4, 0.5) is 0 Å². The van der Waals surface area contributed by atoms with Gasteiger partial charge in [0.1, 0.15) is 5.76 Å². The standard InChI is InChI=1S/C12H12O4/c1-15-11(7-12(14)16-2)10-6-4-3-5-9(10)8-13/h3-8H,1-2H3. The van der Waals surface area contributed by atoms with Gasteiger partial charge in [-0.05, 0) is 0 Å². The van der Waals surface area contributed by atoms with Crippen molar-refractivity contribution >= 4 is 18.0 Å². The molecule has 4 nitrogen and oxygen atoms in total. The molecule has 0 fully saturated rings. The molecular weight excluding hydrogens is 208 g/mol. The van der Waals surface area contributed by atoms with Gasteiger partial charge in [-0.25, -0.2) is 4.79 Å². The molecule has 0 aliphatic rings. The van der Waals surface area contributed by atoms with Gasteiger partial charge in [0.2, 0.25) is 0 Å². The average Bonchev–Trinajstić information content (AvgIpc) is 2.35. The topological polar surface area (TPSA) is 52.6 Å². The average molecular weight is 220 g/mol. The molecule has 4 heteroatoms. The molecule has 0 aromatic heterocycles. The molecule has 0 N–H and O–H groups in total. The first kappa shape index (κ1) is 12.0. The summed E-state index contributed by atoms with van der Waals surface area (Å²) < 4.78 is 9.55. The summed E-state index contributed by atoms with van der Waals surface area (Å²) in [5.74, 6) is -0.230. The lowest BCUT2D eigenvalue weighted by molar-refractivity contribution is -0.134. The maximum absolute atomic E-state index is 11.1. The van der Waals surface area contributed by atoms with Gasteiger partial charge >= 0.3 is 5.97 Å². The normalized spacial score (nSPS) is 10.8. The molecule has 0 heterocycles. The summed E-state index contributed by atoms with van der Waals surface area (Å²) in [6, 6.07) is 6.83. The lowest BCUT2D eigenvalue weighted by atomic mass is 10.1. The smallest absolute Gasteiger partial charge is 0.334 e. The van der Waals surface area contributed by atoms with Crippen LogP contribution in [0.1, 0.15) is 15.9 Å². The first-order valence-electron chi connectivity index (χ1n) is 4.61. The van der Waals surface area contributed by atoms with Crippen LogP contribution >= 0.6 is 0 Å². The van der Waals surface area contributed by atoms with E-state index in [1.165, 1.54) is 20.3 Å². The molecular formula is C12H12O4. The molecule has 1 rings (SSSR count). The number of methoxy groups -OCH3 is 2. The molecule has 0 unspecified atom stereocenters. The maximum Gasteiger partial charge on any atom is 0.334 e. The fourth-order valence-corrected chi connectivity index (χ4v) is 1.24. The van der Waals surface area contributed by atoms with Crippen molar-refractivity contribution in [3.05, 3.63) is 41.5 Å². The number of rotatable bonds is 4. The quantitative estimate of drug-likeness (QED) is 0.335. The Morgan fingerprint density at radius 1 is 1.19 bits per heavy atom. The predicted octanol–water partition coefficient (Wildman–Crippen LogP) is 1.66. The molecule has 0 amide bonds. The summed E-state index contributed by atoms with van der Waals surface area (Å²) in [6.07, 6.45) is 1.90. The lowest BCUT2D eigenvalue weighted by Gasteiger charge is -2.07. The Morgan fingerprint density at radius 2 is 1.88 bits per heavy atom. The molecule has 0 aliphatic heterocycles. The van der Waals surface area contributed by atoms with Crippen LogP contribution < -0.4 is 0 Å². The second-order valence-electron chi connectivity index (χ2n) is 2.94. The van der Waals surface area contributed by atoms with Crippen molar-refractivity contribution in [3.8, 4) is 0 Å². The van der Waals surface area contributed by atoms with Crippen LogP contribution in [-0.2, 0) is 14.3 Å². The highest BCUT2D eigenvalue weighted by molar-refractivity contribution is 5.93. The Hall–Kier alpha value is -2.10. The third-order valence-electron chi connectivity index (χ3n) is 2.02. The van der Waals surface area contributed by atoms with Gasteiger partial charge < -0.3 is 9.47 Å². The molecule has 0 spiro atoms. The molecule has 0 radical (unpaired) electrons. The minimum Gasteiger partial charge on any atom is -0.496 e. The van der Waals surface area contributed by atoms with Crippen molar-refractivity contribution in [3.63, 3.8) is 0 Å². The highest BCUT2D eigenvalue weighted by Crippen LogP contribution is 2.18. The summed E-state index contributed by atoms with van der Waals surface area (Å²) in [7, 11) is 2.70. The van der Waals surface area contributed by atoms with E-state index in [9.17, 15) is 9.59 Å². The number of carbonyl (C=O) groups is 2.